The van der Waals surface area contributed by atoms with Gasteiger partial charge < -0.3 is 5.32 Å². The summed E-state index contributed by atoms with van der Waals surface area (Å²) in [6.07, 6.45) is 11.6. The highest BCUT2D eigenvalue weighted by Crippen LogP contribution is 2.30. The Morgan fingerprint density at radius 1 is 1.08 bits per heavy atom. The smallest absolute Gasteiger partial charge is 0.0153 e. The summed E-state index contributed by atoms with van der Waals surface area (Å²) < 4.78 is 0. The van der Waals surface area contributed by atoms with E-state index >= 15 is 0 Å². The van der Waals surface area contributed by atoms with Gasteiger partial charge >= 0.3 is 0 Å². The summed E-state index contributed by atoms with van der Waals surface area (Å²) in [4.78, 5) is 0. The molecule has 13 heavy (non-hydrogen) atoms. The van der Waals surface area contributed by atoms with Gasteiger partial charge in [-0.3, -0.25) is 0 Å². The third-order valence-corrected chi connectivity index (χ3v) is 4.00. The summed E-state index contributed by atoms with van der Waals surface area (Å²) in [6.45, 7) is 3.71. The topological polar surface area (TPSA) is 12.0 Å². The second-order valence-corrected chi connectivity index (χ2v) is 5.30. The lowest BCUT2D eigenvalue weighted by Crippen LogP contribution is -2.46. The first-order chi connectivity index (χ1) is 6.29. The maximum atomic E-state index is 3.80. The SMILES string of the molecule is CC1(NCC2CCC2)CCCCC1. The second-order valence-electron chi connectivity index (χ2n) is 5.30. The van der Waals surface area contributed by atoms with Crippen molar-refractivity contribution in [1.82, 2.24) is 5.32 Å². The minimum atomic E-state index is 0.494. The van der Waals surface area contributed by atoms with E-state index in [0.717, 1.165) is 5.92 Å². The van der Waals surface area contributed by atoms with Crippen LogP contribution in [-0.4, -0.2) is 12.1 Å². The van der Waals surface area contributed by atoms with Crippen LogP contribution >= 0.6 is 0 Å². The summed E-state index contributed by atoms with van der Waals surface area (Å²) in [5.41, 5.74) is 0.494. The molecular weight excluding hydrogens is 158 g/mol. The quantitative estimate of drug-likeness (QED) is 0.705. The van der Waals surface area contributed by atoms with Gasteiger partial charge in [-0.15, -0.1) is 0 Å². The largest absolute Gasteiger partial charge is 0.311 e. The van der Waals surface area contributed by atoms with Gasteiger partial charge in [0.15, 0.2) is 0 Å². The molecular formula is C12H23N. The van der Waals surface area contributed by atoms with Crippen LogP contribution in [0.2, 0.25) is 0 Å². The second kappa shape index (κ2) is 4.00. The minimum Gasteiger partial charge on any atom is -0.311 e. The van der Waals surface area contributed by atoms with Crippen molar-refractivity contribution in [3.05, 3.63) is 0 Å². The van der Waals surface area contributed by atoms with Crippen molar-refractivity contribution in [1.29, 1.82) is 0 Å². The molecule has 0 heterocycles. The monoisotopic (exact) mass is 181 g/mol. The summed E-state index contributed by atoms with van der Waals surface area (Å²) in [6, 6.07) is 0. The summed E-state index contributed by atoms with van der Waals surface area (Å²) in [5.74, 6) is 1.01. The Labute approximate surface area is 82.3 Å². The average Bonchev–Trinajstić information content (AvgIpc) is 2.02. The zero-order chi connectivity index (χ0) is 9.15. The van der Waals surface area contributed by atoms with E-state index in [0.29, 0.717) is 5.54 Å². The van der Waals surface area contributed by atoms with Crippen LogP contribution in [0.3, 0.4) is 0 Å². The fraction of sp³-hybridized carbons (Fsp3) is 1.00. The van der Waals surface area contributed by atoms with E-state index in [9.17, 15) is 0 Å². The molecule has 0 atom stereocenters. The van der Waals surface area contributed by atoms with Gasteiger partial charge in [-0.05, 0) is 45.1 Å². The number of hydrogen-bond acceptors (Lipinski definition) is 1. The number of rotatable bonds is 3. The molecule has 2 saturated carbocycles. The van der Waals surface area contributed by atoms with Crippen LogP contribution < -0.4 is 5.32 Å². The van der Waals surface area contributed by atoms with Crippen molar-refractivity contribution >= 4 is 0 Å². The fourth-order valence-corrected chi connectivity index (χ4v) is 2.60. The van der Waals surface area contributed by atoms with Gasteiger partial charge in [-0.2, -0.15) is 0 Å². The zero-order valence-corrected chi connectivity index (χ0v) is 8.94. The molecule has 0 unspecified atom stereocenters. The van der Waals surface area contributed by atoms with Crippen molar-refractivity contribution in [2.24, 2.45) is 5.92 Å². The van der Waals surface area contributed by atoms with Crippen LogP contribution in [0.25, 0.3) is 0 Å². The lowest BCUT2D eigenvalue weighted by atomic mass is 9.81. The highest BCUT2D eigenvalue weighted by molar-refractivity contribution is 4.87. The van der Waals surface area contributed by atoms with Crippen molar-refractivity contribution in [2.45, 2.75) is 63.8 Å². The van der Waals surface area contributed by atoms with E-state index in [1.54, 1.807) is 0 Å². The molecule has 1 N–H and O–H groups in total. The highest BCUT2D eigenvalue weighted by atomic mass is 15.0. The van der Waals surface area contributed by atoms with E-state index < -0.39 is 0 Å². The molecule has 0 aromatic heterocycles. The Morgan fingerprint density at radius 2 is 1.77 bits per heavy atom. The molecule has 1 nitrogen and oxygen atoms in total. The number of nitrogens with one attached hydrogen (secondary N) is 1. The molecule has 0 aliphatic heterocycles. The first-order valence-corrected chi connectivity index (χ1v) is 6.04. The van der Waals surface area contributed by atoms with Gasteiger partial charge in [-0.25, -0.2) is 0 Å². The van der Waals surface area contributed by atoms with E-state index in [1.807, 2.05) is 0 Å². The lowest BCUT2D eigenvalue weighted by molar-refractivity contribution is 0.210. The molecule has 1 heteroatoms. The van der Waals surface area contributed by atoms with Crippen LogP contribution in [0.4, 0.5) is 0 Å². The highest BCUT2D eigenvalue weighted by Gasteiger charge is 2.27. The molecule has 0 saturated heterocycles. The Balaban J connectivity index is 1.71. The number of hydrogen-bond donors (Lipinski definition) is 1. The third-order valence-electron chi connectivity index (χ3n) is 4.00. The van der Waals surface area contributed by atoms with Gasteiger partial charge in [0.05, 0.1) is 0 Å². The van der Waals surface area contributed by atoms with Crippen LogP contribution in [0.15, 0.2) is 0 Å². The third kappa shape index (κ3) is 2.46. The zero-order valence-electron chi connectivity index (χ0n) is 8.94. The molecule has 2 fully saturated rings. The molecule has 0 aromatic carbocycles. The summed E-state index contributed by atoms with van der Waals surface area (Å²) in [7, 11) is 0. The minimum absolute atomic E-state index is 0.494. The predicted molar refractivity (Wildman–Crippen MR) is 56.8 cm³/mol. The predicted octanol–water partition coefficient (Wildman–Crippen LogP) is 3.10. The van der Waals surface area contributed by atoms with Crippen molar-refractivity contribution < 1.29 is 0 Å². The summed E-state index contributed by atoms with van der Waals surface area (Å²) >= 11 is 0. The first kappa shape index (κ1) is 9.51. The molecule has 0 aromatic rings. The van der Waals surface area contributed by atoms with Gasteiger partial charge in [0.1, 0.15) is 0 Å². The van der Waals surface area contributed by atoms with Gasteiger partial charge in [0.2, 0.25) is 0 Å². The van der Waals surface area contributed by atoms with Gasteiger partial charge in [-0.1, -0.05) is 25.7 Å². The van der Waals surface area contributed by atoms with Crippen LogP contribution in [-0.2, 0) is 0 Å². The van der Waals surface area contributed by atoms with Gasteiger partial charge in [0.25, 0.3) is 0 Å². The molecule has 2 rings (SSSR count). The van der Waals surface area contributed by atoms with E-state index in [1.165, 1.54) is 57.9 Å². The van der Waals surface area contributed by atoms with E-state index in [-0.39, 0.29) is 0 Å². The Morgan fingerprint density at radius 3 is 2.31 bits per heavy atom. The molecule has 2 aliphatic rings. The first-order valence-electron chi connectivity index (χ1n) is 6.04. The molecule has 0 amide bonds. The van der Waals surface area contributed by atoms with Crippen molar-refractivity contribution in [3.8, 4) is 0 Å². The lowest BCUT2D eigenvalue weighted by Gasteiger charge is -2.37. The standard InChI is InChI=1S/C12H23N/c1-12(8-3-2-4-9-12)13-10-11-6-5-7-11/h11,13H,2-10H2,1H3. The van der Waals surface area contributed by atoms with Crippen LogP contribution in [0.5, 0.6) is 0 Å². The summed E-state index contributed by atoms with van der Waals surface area (Å²) in [5, 5.41) is 3.80. The molecule has 2 aliphatic carbocycles. The van der Waals surface area contributed by atoms with E-state index in [2.05, 4.69) is 12.2 Å². The average molecular weight is 181 g/mol. The van der Waals surface area contributed by atoms with Crippen molar-refractivity contribution in [3.63, 3.8) is 0 Å². The maximum Gasteiger partial charge on any atom is 0.0153 e. The Hall–Kier alpha value is -0.0400. The van der Waals surface area contributed by atoms with Crippen molar-refractivity contribution in [2.75, 3.05) is 6.54 Å². The maximum absolute atomic E-state index is 3.80. The Kier molecular flexibility index (Phi) is 2.92. The molecule has 0 bridgehead atoms. The molecule has 76 valence electrons. The van der Waals surface area contributed by atoms with Gasteiger partial charge in [0, 0.05) is 5.54 Å². The molecule has 0 spiro atoms. The Bertz CT molecular complexity index is 155. The van der Waals surface area contributed by atoms with E-state index in [4.69, 9.17) is 0 Å². The molecule has 0 radical (unpaired) electrons. The normalized spacial score (nSPS) is 28.4. The van der Waals surface area contributed by atoms with Crippen LogP contribution in [0.1, 0.15) is 58.3 Å². The fourth-order valence-electron chi connectivity index (χ4n) is 2.60. The van der Waals surface area contributed by atoms with Crippen LogP contribution in [0, 0.1) is 5.92 Å².